The smallest absolute Gasteiger partial charge is 0.314 e. The number of fused-ring (bicyclic) bond motifs is 1. The minimum Gasteiger partial charge on any atom is -0.481 e. The van der Waals surface area contributed by atoms with Crippen LogP contribution in [0.3, 0.4) is 0 Å². The molecule has 5 nitrogen and oxygen atoms in total. The van der Waals surface area contributed by atoms with E-state index in [1.165, 1.54) is 6.92 Å². The van der Waals surface area contributed by atoms with Gasteiger partial charge in [0, 0.05) is 13.5 Å². The van der Waals surface area contributed by atoms with E-state index in [4.69, 9.17) is 4.74 Å². The molecule has 0 spiro atoms. The van der Waals surface area contributed by atoms with Crippen LogP contribution >= 0.6 is 0 Å². The van der Waals surface area contributed by atoms with Gasteiger partial charge in [0.25, 0.3) is 0 Å². The molecule has 2 aliphatic rings. The summed E-state index contributed by atoms with van der Waals surface area (Å²) in [5, 5.41) is 9.28. The number of rotatable bonds is 1. The summed E-state index contributed by atoms with van der Waals surface area (Å²) in [5.41, 5.74) is -0.857. The Labute approximate surface area is 88.0 Å². The molecule has 2 aliphatic heterocycles. The van der Waals surface area contributed by atoms with Crippen LogP contribution in [0.25, 0.3) is 0 Å². The van der Waals surface area contributed by atoms with Gasteiger partial charge in [-0.1, -0.05) is 0 Å². The molecule has 2 heterocycles. The lowest BCUT2D eigenvalue weighted by atomic mass is 9.75. The number of nitrogens with zero attached hydrogens (tertiary/aromatic N) is 1. The Morgan fingerprint density at radius 3 is 2.87 bits per heavy atom. The van der Waals surface area contributed by atoms with Crippen molar-refractivity contribution in [3.05, 3.63) is 0 Å². The normalized spacial score (nSPS) is 35.0. The Morgan fingerprint density at radius 1 is 1.53 bits per heavy atom. The van der Waals surface area contributed by atoms with Crippen LogP contribution in [0, 0.1) is 5.41 Å². The maximum absolute atomic E-state index is 11.4. The molecule has 0 radical (unpaired) electrons. The monoisotopic (exact) mass is 213 g/mol. The van der Waals surface area contributed by atoms with Gasteiger partial charge in [-0.05, 0) is 12.8 Å². The van der Waals surface area contributed by atoms with Gasteiger partial charge < -0.3 is 14.7 Å². The van der Waals surface area contributed by atoms with Crippen molar-refractivity contribution >= 4 is 11.9 Å². The molecule has 2 fully saturated rings. The van der Waals surface area contributed by atoms with Crippen molar-refractivity contribution in [1.82, 2.24) is 4.90 Å². The summed E-state index contributed by atoms with van der Waals surface area (Å²) in [6.07, 6.45) is 1.35. The van der Waals surface area contributed by atoms with Gasteiger partial charge in [0.05, 0.1) is 19.3 Å². The van der Waals surface area contributed by atoms with Gasteiger partial charge in [-0.25, -0.2) is 0 Å². The highest BCUT2D eigenvalue weighted by atomic mass is 16.5. The molecule has 1 N–H and O–H groups in total. The fourth-order valence-electron chi connectivity index (χ4n) is 2.64. The first kappa shape index (κ1) is 10.4. The van der Waals surface area contributed by atoms with E-state index >= 15 is 0 Å². The second-order valence-electron chi connectivity index (χ2n) is 4.31. The molecule has 0 aliphatic carbocycles. The third-order valence-corrected chi connectivity index (χ3v) is 3.50. The molecule has 2 saturated heterocycles. The average molecular weight is 213 g/mol. The molecular formula is C10H15NO4. The first-order chi connectivity index (χ1) is 7.08. The maximum atomic E-state index is 11.4. The third-order valence-electron chi connectivity index (χ3n) is 3.50. The van der Waals surface area contributed by atoms with E-state index in [0.29, 0.717) is 19.6 Å². The van der Waals surface area contributed by atoms with E-state index in [1.54, 1.807) is 4.90 Å². The first-order valence-corrected chi connectivity index (χ1v) is 5.16. The lowest BCUT2D eigenvalue weighted by Crippen LogP contribution is -2.56. The van der Waals surface area contributed by atoms with Gasteiger partial charge >= 0.3 is 5.97 Å². The number of hydrogen-bond donors (Lipinski definition) is 1. The second-order valence-corrected chi connectivity index (χ2v) is 4.31. The number of ether oxygens (including phenoxy) is 1. The zero-order valence-corrected chi connectivity index (χ0v) is 8.73. The van der Waals surface area contributed by atoms with Crippen molar-refractivity contribution in [3.8, 4) is 0 Å². The second kappa shape index (κ2) is 3.48. The molecule has 0 aromatic carbocycles. The molecule has 0 saturated carbocycles. The highest BCUT2D eigenvalue weighted by Crippen LogP contribution is 2.40. The Hall–Kier alpha value is -1.10. The molecule has 0 aromatic rings. The SMILES string of the molecule is CC(=O)N1CCC[C@]2(C(=O)O)COC[C@@H]12. The Balaban J connectivity index is 2.30. The van der Waals surface area contributed by atoms with E-state index in [1.807, 2.05) is 0 Å². The standard InChI is InChI=1S/C10H15NO4/c1-7(12)11-4-2-3-10(9(13)14)6-15-5-8(10)11/h8H,2-6H2,1H3,(H,13,14)/t8-,10+/m1/s1. The summed E-state index contributed by atoms with van der Waals surface area (Å²) in [6.45, 7) is 2.72. The number of carbonyl (C=O) groups is 2. The van der Waals surface area contributed by atoms with Crippen molar-refractivity contribution in [1.29, 1.82) is 0 Å². The van der Waals surface area contributed by atoms with E-state index in [9.17, 15) is 14.7 Å². The zero-order valence-electron chi connectivity index (χ0n) is 8.73. The summed E-state index contributed by atoms with van der Waals surface area (Å²) in [4.78, 5) is 24.3. The van der Waals surface area contributed by atoms with Gasteiger partial charge in [0.15, 0.2) is 0 Å². The number of amides is 1. The molecule has 84 valence electrons. The summed E-state index contributed by atoms with van der Waals surface area (Å²) < 4.78 is 5.26. The van der Waals surface area contributed by atoms with Crippen LogP contribution < -0.4 is 0 Å². The van der Waals surface area contributed by atoms with Gasteiger partial charge in [-0.2, -0.15) is 0 Å². The predicted molar refractivity (Wildman–Crippen MR) is 51.3 cm³/mol. The summed E-state index contributed by atoms with van der Waals surface area (Å²) in [5.74, 6) is -0.897. The quantitative estimate of drug-likeness (QED) is 0.670. The molecule has 0 bridgehead atoms. The molecule has 5 heteroatoms. The average Bonchev–Trinajstić information content (AvgIpc) is 2.61. The fraction of sp³-hybridized carbons (Fsp3) is 0.800. The minimum absolute atomic E-state index is 0.0594. The predicted octanol–water partition coefficient (Wildman–Crippen LogP) is 0.0985. The molecule has 15 heavy (non-hydrogen) atoms. The molecule has 0 unspecified atom stereocenters. The zero-order chi connectivity index (χ0) is 11.1. The van der Waals surface area contributed by atoms with Crippen LogP contribution in [0.2, 0.25) is 0 Å². The van der Waals surface area contributed by atoms with Crippen molar-refractivity contribution in [3.63, 3.8) is 0 Å². The number of likely N-dealkylation sites (tertiary alicyclic amines) is 1. The Morgan fingerprint density at radius 2 is 2.27 bits per heavy atom. The van der Waals surface area contributed by atoms with Gasteiger partial charge in [0.1, 0.15) is 5.41 Å². The van der Waals surface area contributed by atoms with Crippen LogP contribution in [0.15, 0.2) is 0 Å². The first-order valence-electron chi connectivity index (χ1n) is 5.16. The van der Waals surface area contributed by atoms with Crippen LogP contribution in [-0.2, 0) is 14.3 Å². The van der Waals surface area contributed by atoms with Crippen LogP contribution in [0.1, 0.15) is 19.8 Å². The van der Waals surface area contributed by atoms with Crippen molar-refractivity contribution < 1.29 is 19.4 Å². The largest absolute Gasteiger partial charge is 0.481 e. The fourth-order valence-corrected chi connectivity index (χ4v) is 2.64. The summed E-state index contributed by atoms with van der Waals surface area (Å²) in [7, 11) is 0. The molecular weight excluding hydrogens is 198 g/mol. The number of hydrogen-bond acceptors (Lipinski definition) is 3. The van der Waals surface area contributed by atoms with Crippen molar-refractivity contribution in [2.24, 2.45) is 5.41 Å². The number of carbonyl (C=O) groups excluding carboxylic acids is 1. The van der Waals surface area contributed by atoms with Crippen LogP contribution in [0.4, 0.5) is 0 Å². The number of piperidine rings is 1. The number of carboxylic acids is 1. The van der Waals surface area contributed by atoms with Gasteiger partial charge in [-0.3, -0.25) is 9.59 Å². The summed E-state index contributed by atoms with van der Waals surface area (Å²) >= 11 is 0. The highest BCUT2D eigenvalue weighted by Gasteiger charge is 2.55. The van der Waals surface area contributed by atoms with E-state index < -0.39 is 11.4 Å². The Bertz CT molecular complexity index is 304. The summed E-state index contributed by atoms with van der Waals surface area (Å²) in [6, 6.07) is -0.277. The van der Waals surface area contributed by atoms with Crippen molar-refractivity contribution in [2.45, 2.75) is 25.8 Å². The molecule has 1 amide bonds. The lowest BCUT2D eigenvalue weighted by Gasteiger charge is -2.41. The highest BCUT2D eigenvalue weighted by molar-refractivity contribution is 5.80. The topological polar surface area (TPSA) is 66.8 Å². The van der Waals surface area contributed by atoms with Crippen LogP contribution in [-0.4, -0.2) is 47.7 Å². The van der Waals surface area contributed by atoms with Gasteiger partial charge in [0.2, 0.25) is 5.91 Å². The molecule has 0 aromatic heterocycles. The lowest BCUT2D eigenvalue weighted by molar-refractivity contribution is -0.157. The minimum atomic E-state index is -0.857. The van der Waals surface area contributed by atoms with E-state index in [0.717, 1.165) is 6.42 Å². The number of carboxylic acid groups (broad SMARTS) is 1. The van der Waals surface area contributed by atoms with Crippen molar-refractivity contribution in [2.75, 3.05) is 19.8 Å². The Kier molecular flexibility index (Phi) is 2.42. The molecule has 2 atom stereocenters. The molecule has 2 rings (SSSR count). The van der Waals surface area contributed by atoms with Crippen LogP contribution in [0.5, 0.6) is 0 Å². The van der Waals surface area contributed by atoms with E-state index in [-0.39, 0.29) is 18.6 Å². The maximum Gasteiger partial charge on any atom is 0.314 e. The number of aliphatic carboxylic acids is 1. The van der Waals surface area contributed by atoms with E-state index in [2.05, 4.69) is 0 Å². The van der Waals surface area contributed by atoms with Gasteiger partial charge in [-0.15, -0.1) is 0 Å². The third kappa shape index (κ3) is 1.42.